The summed E-state index contributed by atoms with van der Waals surface area (Å²) in [5, 5.41) is 14.4. The molecule has 21 heavy (non-hydrogen) atoms. The Balaban J connectivity index is 0.00000220. The summed E-state index contributed by atoms with van der Waals surface area (Å²) in [6, 6.07) is 0. The van der Waals surface area contributed by atoms with Gasteiger partial charge in [-0.25, -0.2) is 0 Å². The molecule has 1 saturated heterocycles. The molecule has 2 rings (SSSR count). The topological polar surface area (TPSA) is 103 Å². The van der Waals surface area contributed by atoms with Gasteiger partial charge in [0.25, 0.3) is 0 Å². The highest BCUT2D eigenvalue weighted by atomic mass is 127. The highest BCUT2D eigenvalue weighted by molar-refractivity contribution is 14.0. The maximum atomic E-state index is 10.5. The predicted molar refractivity (Wildman–Crippen MR) is 90.8 cm³/mol. The minimum Gasteiger partial charge on any atom is -0.370 e. The lowest BCUT2D eigenvalue weighted by molar-refractivity contribution is -0.385. The van der Waals surface area contributed by atoms with Crippen LogP contribution in [0.1, 0.15) is 25.7 Å². The third kappa shape index (κ3) is 5.48. The molecular weight excluding hydrogens is 387 g/mol. The Morgan fingerprint density at radius 1 is 1.38 bits per heavy atom. The zero-order valence-corrected chi connectivity index (χ0v) is 14.2. The first-order valence-electron chi connectivity index (χ1n) is 6.88. The second kappa shape index (κ2) is 8.80. The van der Waals surface area contributed by atoms with Crippen LogP contribution in [0.15, 0.2) is 17.4 Å². The molecule has 0 aromatic carbocycles. The number of aliphatic imine (C=N–C) groups is 1. The molecule has 0 saturated carbocycles. The maximum absolute atomic E-state index is 10.5. The molecule has 2 N–H and O–H groups in total. The zero-order valence-electron chi connectivity index (χ0n) is 11.8. The van der Waals surface area contributed by atoms with E-state index >= 15 is 0 Å². The minimum absolute atomic E-state index is 0. The molecule has 0 radical (unpaired) electrons. The van der Waals surface area contributed by atoms with E-state index in [4.69, 9.17) is 5.73 Å². The van der Waals surface area contributed by atoms with Crippen molar-refractivity contribution in [3.8, 4) is 0 Å². The van der Waals surface area contributed by atoms with Crippen molar-refractivity contribution in [1.29, 1.82) is 0 Å². The molecule has 9 heteroatoms. The van der Waals surface area contributed by atoms with Crippen LogP contribution in [0.25, 0.3) is 0 Å². The van der Waals surface area contributed by atoms with Gasteiger partial charge in [0.05, 0.1) is 18.0 Å². The van der Waals surface area contributed by atoms with Gasteiger partial charge < -0.3 is 10.6 Å². The largest absolute Gasteiger partial charge is 0.370 e. The molecule has 118 valence electrons. The average molecular weight is 408 g/mol. The quantitative estimate of drug-likeness (QED) is 0.268. The lowest BCUT2D eigenvalue weighted by Gasteiger charge is -2.21. The van der Waals surface area contributed by atoms with E-state index in [0.717, 1.165) is 25.9 Å². The molecule has 0 aliphatic carbocycles. The number of nitro groups is 1. The summed E-state index contributed by atoms with van der Waals surface area (Å²) in [7, 11) is 0. The molecule has 0 amide bonds. The van der Waals surface area contributed by atoms with Gasteiger partial charge in [0.15, 0.2) is 5.96 Å². The van der Waals surface area contributed by atoms with Crippen LogP contribution in [-0.4, -0.2) is 45.2 Å². The van der Waals surface area contributed by atoms with Crippen molar-refractivity contribution < 1.29 is 4.92 Å². The van der Waals surface area contributed by atoms with Crippen LogP contribution in [0.4, 0.5) is 5.69 Å². The number of halogens is 1. The molecule has 1 aromatic rings. The molecule has 2 heterocycles. The van der Waals surface area contributed by atoms with Crippen LogP contribution < -0.4 is 5.73 Å². The van der Waals surface area contributed by atoms with Crippen molar-refractivity contribution >= 4 is 35.6 Å². The minimum atomic E-state index is -0.460. The van der Waals surface area contributed by atoms with E-state index in [9.17, 15) is 10.1 Å². The summed E-state index contributed by atoms with van der Waals surface area (Å²) >= 11 is 0. The Kier molecular flexibility index (Phi) is 7.40. The van der Waals surface area contributed by atoms with E-state index in [2.05, 4.69) is 15.0 Å². The Morgan fingerprint density at radius 3 is 2.62 bits per heavy atom. The fourth-order valence-corrected chi connectivity index (χ4v) is 2.24. The van der Waals surface area contributed by atoms with Gasteiger partial charge >= 0.3 is 5.69 Å². The number of nitrogens with two attached hydrogens (primary N) is 1. The van der Waals surface area contributed by atoms with Gasteiger partial charge in [0.1, 0.15) is 12.4 Å². The zero-order chi connectivity index (χ0) is 14.4. The fourth-order valence-electron chi connectivity index (χ4n) is 2.24. The van der Waals surface area contributed by atoms with E-state index < -0.39 is 4.92 Å². The number of aromatic nitrogens is 2. The van der Waals surface area contributed by atoms with Crippen molar-refractivity contribution in [2.24, 2.45) is 10.7 Å². The second-order valence-corrected chi connectivity index (χ2v) is 4.86. The van der Waals surface area contributed by atoms with E-state index in [1.165, 1.54) is 29.9 Å². The number of hydrogen-bond acceptors (Lipinski definition) is 4. The van der Waals surface area contributed by atoms with Crippen molar-refractivity contribution in [3.05, 3.63) is 22.5 Å². The smallest absolute Gasteiger partial charge is 0.306 e. The fraction of sp³-hybridized carbons (Fsp3) is 0.667. The van der Waals surface area contributed by atoms with Gasteiger partial charge in [0.2, 0.25) is 0 Å². The summed E-state index contributed by atoms with van der Waals surface area (Å²) in [5.74, 6) is 0.563. The van der Waals surface area contributed by atoms with Crippen molar-refractivity contribution in [2.45, 2.75) is 32.2 Å². The third-order valence-electron chi connectivity index (χ3n) is 3.36. The molecule has 8 nitrogen and oxygen atoms in total. The van der Waals surface area contributed by atoms with Crippen LogP contribution in [0, 0.1) is 10.1 Å². The third-order valence-corrected chi connectivity index (χ3v) is 3.36. The van der Waals surface area contributed by atoms with E-state index in [0.29, 0.717) is 19.0 Å². The summed E-state index contributed by atoms with van der Waals surface area (Å²) < 4.78 is 1.51. The molecule has 0 spiro atoms. The molecule has 1 aromatic heterocycles. The standard InChI is InChI=1S/C12H20N6O2.HI/c13-12(16-6-3-1-2-4-7-16)14-5-8-17-10-11(9-15-17)18(19)20;/h9-10H,1-8H2,(H2,13,14);1H. The Bertz CT molecular complexity index is 482. The van der Waals surface area contributed by atoms with Crippen LogP contribution in [-0.2, 0) is 6.54 Å². The Morgan fingerprint density at radius 2 is 2.05 bits per heavy atom. The lowest BCUT2D eigenvalue weighted by Crippen LogP contribution is -2.38. The molecule has 1 aliphatic heterocycles. The van der Waals surface area contributed by atoms with Crippen LogP contribution >= 0.6 is 24.0 Å². The molecule has 0 atom stereocenters. The first-order valence-corrected chi connectivity index (χ1v) is 6.88. The monoisotopic (exact) mass is 408 g/mol. The SMILES string of the molecule is I.NC(=NCCn1cc([N+](=O)[O-])cn1)N1CCCCCC1. The van der Waals surface area contributed by atoms with Crippen LogP contribution in [0.2, 0.25) is 0 Å². The van der Waals surface area contributed by atoms with Gasteiger partial charge in [-0.1, -0.05) is 12.8 Å². The highest BCUT2D eigenvalue weighted by Crippen LogP contribution is 2.09. The van der Waals surface area contributed by atoms with Gasteiger partial charge in [-0.2, -0.15) is 5.10 Å². The van der Waals surface area contributed by atoms with Crippen molar-refractivity contribution in [1.82, 2.24) is 14.7 Å². The van der Waals surface area contributed by atoms with Gasteiger partial charge in [0, 0.05) is 13.1 Å². The van der Waals surface area contributed by atoms with Crippen LogP contribution in [0.5, 0.6) is 0 Å². The summed E-state index contributed by atoms with van der Waals surface area (Å²) in [6.07, 6.45) is 7.45. The number of rotatable bonds is 4. The number of likely N-dealkylation sites (tertiary alicyclic amines) is 1. The van der Waals surface area contributed by atoms with E-state index in [-0.39, 0.29) is 29.7 Å². The maximum Gasteiger partial charge on any atom is 0.306 e. The van der Waals surface area contributed by atoms with Gasteiger partial charge in [-0.05, 0) is 12.8 Å². The van der Waals surface area contributed by atoms with Crippen molar-refractivity contribution in [3.63, 3.8) is 0 Å². The number of nitrogens with zero attached hydrogens (tertiary/aromatic N) is 5. The molecule has 1 aliphatic rings. The molecule has 1 fully saturated rings. The summed E-state index contributed by atoms with van der Waals surface area (Å²) in [5.41, 5.74) is 5.97. The molecular formula is C12H21IN6O2. The number of hydrogen-bond donors (Lipinski definition) is 1. The van der Waals surface area contributed by atoms with E-state index in [1.807, 2.05) is 0 Å². The highest BCUT2D eigenvalue weighted by Gasteiger charge is 2.11. The summed E-state index contributed by atoms with van der Waals surface area (Å²) in [6.45, 7) is 2.88. The van der Waals surface area contributed by atoms with Crippen LogP contribution in [0.3, 0.4) is 0 Å². The first kappa shape index (κ1) is 17.7. The summed E-state index contributed by atoms with van der Waals surface area (Å²) in [4.78, 5) is 16.5. The Hall–Kier alpha value is -1.39. The number of guanidine groups is 1. The molecule has 0 bridgehead atoms. The van der Waals surface area contributed by atoms with Gasteiger partial charge in [-0.3, -0.25) is 19.8 Å². The van der Waals surface area contributed by atoms with Gasteiger partial charge in [-0.15, -0.1) is 24.0 Å². The second-order valence-electron chi connectivity index (χ2n) is 4.86. The average Bonchev–Trinajstić information content (AvgIpc) is 2.73. The van der Waals surface area contributed by atoms with Crippen molar-refractivity contribution in [2.75, 3.05) is 19.6 Å². The normalized spacial score (nSPS) is 16.2. The lowest BCUT2D eigenvalue weighted by atomic mass is 10.2. The first-order chi connectivity index (χ1) is 9.66. The predicted octanol–water partition coefficient (Wildman–Crippen LogP) is 1.60. The van der Waals surface area contributed by atoms with E-state index in [1.54, 1.807) is 0 Å². The Labute approximate surface area is 140 Å². The molecule has 0 unspecified atom stereocenters.